The molecule has 0 spiro atoms. The molecule has 0 saturated heterocycles. The van der Waals surface area contributed by atoms with Crippen LogP contribution < -0.4 is 0 Å². The van der Waals surface area contributed by atoms with Crippen molar-refractivity contribution in [2.45, 2.75) is 0 Å². The van der Waals surface area contributed by atoms with Gasteiger partial charge in [0.25, 0.3) is 0 Å². The van der Waals surface area contributed by atoms with Gasteiger partial charge in [0.1, 0.15) is 0 Å². The van der Waals surface area contributed by atoms with Gasteiger partial charge in [-0.2, -0.15) is 9.90 Å². The molecular weight excluding hydrogens is 216 g/mol. The topological polar surface area (TPSA) is 48.6 Å². The molecule has 0 aromatic heterocycles. The summed E-state index contributed by atoms with van der Waals surface area (Å²) in [5.41, 5.74) is 0. The fourth-order valence-corrected chi connectivity index (χ4v) is 0.374. The summed E-state index contributed by atoms with van der Waals surface area (Å²) in [4.78, 5) is 7.19. The molecule has 0 fully saturated rings. The molecule has 0 radical (unpaired) electrons. The number of rotatable bonds is 3. The molecule has 0 bridgehead atoms. The van der Waals surface area contributed by atoms with Crippen LogP contribution >= 0.6 is 43.4 Å². The second kappa shape index (κ2) is 22.5. The number of isothiocyanates is 2. The third-order valence-corrected chi connectivity index (χ3v) is 0.711. The van der Waals surface area contributed by atoms with Crippen molar-refractivity contribution in [3.8, 4) is 0 Å². The summed E-state index contributed by atoms with van der Waals surface area (Å²) in [6.07, 6.45) is 0. The van der Waals surface area contributed by atoms with Crippen molar-refractivity contribution in [3.63, 3.8) is 0 Å². The van der Waals surface area contributed by atoms with Gasteiger partial charge in [-0.1, -0.05) is 0 Å². The monoisotopic (exact) mass is 225 g/mol. The lowest BCUT2D eigenvalue weighted by atomic mass is 10.7. The van der Waals surface area contributed by atoms with Crippen molar-refractivity contribution in [3.05, 3.63) is 0 Å². The van der Waals surface area contributed by atoms with Crippen LogP contribution in [0.1, 0.15) is 0 Å². The van der Waals surface area contributed by atoms with Crippen molar-refractivity contribution in [2.24, 2.45) is 9.98 Å². The van der Waals surface area contributed by atoms with E-state index in [0.29, 0.717) is 13.1 Å². The molecule has 1 N–H and O–H groups in total. The van der Waals surface area contributed by atoms with Crippen LogP contribution in [0.2, 0.25) is 0 Å². The van der Waals surface area contributed by atoms with Gasteiger partial charge in [0, 0.05) is 0 Å². The molecule has 0 aromatic carbocycles. The van der Waals surface area contributed by atoms with E-state index in [-0.39, 0.29) is 9.90 Å². The Balaban J connectivity index is -0.000000196. The highest BCUT2D eigenvalue weighted by Crippen LogP contribution is 1.67. The van der Waals surface area contributed by atoms with Crippen LogP contribution in [0.5, 0.6) is 0 Å². The summed E-state index contributed by atoms with van der Waals surface area (Å²) >= 11 is 8.59. The lowest BCUT2D eigenvalue weighted by Crippen LogP contribution is -1.82. The lowest BCUT2D eigenvalue weighted by Gasteiger charge is -1.76. The largest absolute Gasteiger partial charge is 0.287 e. The van der Waals surface area contributed by atoms with Gasteiger partial charge in [0.15, 0.2) is 0 Å². The Morgan fingerprint density at radius 3 is 1.55 bits per heavy atom. The Hall–Kier alpha value is 0.130. The van der Waals surface area contributed by atoms with Crippen LogP contribution in [0, 0.1) is 5.16 Å². The SMILES string of the molecule is N=P.P.S=C=NCCN=C=S. The molecule has 0 rings (SSSR count). The maximum atomic E-state index is 5.56. The quantitative estimate of drug-likeness (QED) is 0.346. The highest BCUT2D eigenvalue weighted by molar-refractivity contribution is 7.78. The van der Waals surface area contributed by atoms with E-state index >= 15 is 0 Å². The Bertz CT molecular complexity index is 145. The first-order chi connectivity index (χ1) is 4.91. The van der Waals surface area contributed by atoms with E-state index in [9.17, 15) is 0 Å². The van der Waals surface area contributed by atoms with Crippen LogP contribution in [-0.2, 0) is 0 Å². The molecule has 1 unspecified atom stereocenters. The van der Waals surface area contributed by atoms with Gasteiger partial charge in [-0.3, -0.25) is 5.16 Å². The van der Waals surface area contributed by atoms with Crippen molar-refractivity contribution in [1.29, 1.82) is 5.16 Å². The molecule has 0 aromatic rings. The summed E-state index contributed by atoms with van der Waals surface area (Å²) in [6.45, 7) is 1.13. The first-order valence-corrected chi connectivity index (χ1v) is 3.55. The third kappa shape index (κ3) is 25.4. The summed E-state index contributed by atoms with van der Waals surface area (Å²) < 4.78 is 0. The predicted octanol–water partition coefficient (Wildman–Crippen LogP) is 2.14. The van der Waals surface area contributed by atoms with Crippen molar-refractivity contribution in [2.75, 3.05) is 13.1 Å². The Kier molecular flexibility index (Phi) is 35.3. The molecule has 62 valence electrons. The van der Waals surface area contributed by atoms with E-state index < -0.39 is 0 Å². The second-order valence-corrected chi connectivity index (χ2v) is 1.31. The lowest BCUT2D eigenvalue weighted by molar-refractivity contribution is 0.991. The highest BCUT2D eigenvalue weighted by atomic mass is 32.1. The minimum Gasteiger partial charge on any atom is -0.287 e. The van der Waals surface area contributed by atoms with Crippen LogP contribution in [0.15, 0.2) is 9.98 Å². The van der Waals surface area contributed by atoms with E-state index in [1.54, 1.807) is 0 Å². The van der Waals surface area contributed by atoms with Crippen molar-refractivity contribution < 1.29 is 0 Å². The Labute approximate surface area is 82.1 Å². The summed E-state index contributed by atoms with van der Waals surface area (Å²) in [6, 6.07) is 0. The molecule has 11 heavy (non-hydrogen) atoms. The van der Waals surface area contributed by atoms with Gasteiger partial charge in [0.2, 0.25) is 0 Å². The molecule has 0 aliphatic heterocycles. The van der Waals surface area contributed by atoms with Crippen molar-refractivity contribution in [1.82, 2.24) is 0 Å². The summed E-state index contributed by atoms with van der Waals surface area (Å²) in [7, 11) is 2.22. The Morgan fingerprint density at radius 1 is 1.09 bits per heavy atom. The average molecular weight is 225 g/mol. The Morgan fingerprint density at radius 2 is 1.36 bits per heavy atom. The minimum atomic E-state index is 0. The third-order valence-electron chi connectivity index (χ3n) is 0.453. The number of nitrogens with zero attached hydrogens (tertiary/aromatic N) is 2. The number of nitrogens with one attached hydrogen (secondary N) is 1. The smallest absolute Gasteiger partial charge is 0.0696 e. The zero-order chi connectivity index (χ0) is 8.24. The molecule has 0 aliphatic rings. The second-order valence-electron chi connectivity index (χ2n) is 0.946. The summed E-state index contributed by atoms with van der Waals surface area (Å²) in [5, 5.41) is 9.98. The van der Waals surface area contributed by atoms with Crippen LogP contribution in [0.4, 0.5) is 0 Å². The van der Waals surface area contributed by atoms with E-state index in [1.807, 2.05) is 0 Å². The zero-order valence-electron chi connectivity index (χ0n) is 5.83. The normalized spacial score (nSPS) is 5.09. The van der Waals surface area contributed by atoms with Crippen LogP contribution in [0.25, 0.3) is 0 Å². The van der Waals surface area contributed by atoms with E-state index in [1.165, 1.54) is 0 Å². The van der Waals surface area contributed by atoms with E-state index in [2.05, 4.69) is 53.8 Å². The predicted molar refractivity (Wildman–Crippen MR) is 61.9 cm³/mol. The number of hydrogen-bond acceptors (Lipinski definition) is 5. The van der Waals surface area contributed by atoms with Crippen molar-refractivity contribution >= 4 is 53.7 Å². The van der Waals surface area contributed by atoms with E-state index in [0.717, 1.165) is 0 Å². The molecule has 0 heterocycles. The first kappa shape index (κ1) is 17.3. The minimum absolute atomic E-state index is 0. The molecule has 7 heteroatoms. The standard InChI is InChI=1S/C4H4N2S2.H2NP.H3P/c7-3-5-1-2-6-4-8;1-2;/h1-2H2;1-2H;1H3. The first-order valence-electron chi connectivity index (χ1n) is 2.24. The number of hydrogen-bond donors (Lipinski definition) is 1. The average Bonchev–Trinajstić information content (AvgIpc) is 2.02. The maximum absolute atomic E-state index is 5.56. The van der Waals surface area contributed by atoms with Gasteiger partial charge in [-0.05, 0) is 33.5 Å². The maximum Gasteiger partial charge on any atom is 0.0696 e. The van der Waals surface area contributed by atoms with Gasteiger partial charge in [0.05, 0.1) is 23.4 Å². The van der Waals surface area contributed by atoms with E-state index in [4.69, 9.17) is 5.16 Å². The fraction of sp³-hybridized carbons (Fsp3) is 0.500. The van der Waals surface area contributed by atoms with Gasteiger partial charge >= 0.3 is 0 Å². The van der Waals surface area contributed by atoms with Crippen LogP contribution in [0.3, 0.4) is 0 Å². The molecule has 1 atom stereocenters. The zero-order valence-corrected chi connectivity index (χ0v) is 9.88. The molecule has 0 amide bonds. The number of thiocarbonyl (C=S) groups is 2. The van der Waals surface area contributed by atoms with Gasteiger partial charge in [-0.25, -0.2) is 9.98 Å². The van der Waals surface area contributed by atoms with Gasteiger partial charge < -0.3 is 0 Å². The molecule has 0 saturated carbocycles. The molecule has 0 aliphatic carbocycles. The summed E-state index contributed by atoms with van der Waals surface area (Å²) in [5.74, 6) is 0. The van der Waals surface area contributed by atoms with Crippen LogP contribution in [-0.4, -0.2) is 23.4 Å². The molecule has 3 nitrogen and oxygen atoms in total. The fourth-order valence-electron chi connectivity index (χ4n) is 0.191. The molecular formula is C4H9N3P2S2. The van der Waals surface area contributed by atoms with Gasteiger partial charge in [-0.15, -0.1) is 0 Å². The number of aliphatic imine (C=N–C) groups is 2. The highest BCUT2D eigenvalue weighted by Gasteiger charge is 1.71.